The largest absolute Gasteiger partial charge is 0.387 e. The Kier molecular flexibility index (Phi) is 4.80. The van der Waals surface area contributed by atoms with E-state index in [1.807, 2.05) is 4.68 Å². The molecule has 0 aliphatic carbocycles. The summed E-state index contributed by atoms with van der Waals surface area (Å²) in [6.45, 7) is 3.14. The van der Waals surface area contributed by atoms with Crippen molar-refractivity contribution in [2.45, 2.75) is 25.5 Å². The Morgan fingerprint density at radius 2 is 2.23 bits per heavy atom. The molecule has 1 aromatic carbocycles. The molecule has 0 saturated carbocycles. The third-order valence-electron chi connectivity index (χ3n) is 4.21. The predicted octanol–water partition coefficient (Wildman–Crippen LogP) is 1.86. The molecular weight excluding hydrogens is 283 g/mol. The molecule has 1 aliphatic rings. The van der Waals surface area contributed by atoms with E-state index in [-0.39, 0.29) is 5.82 Å². The molecule has 6 heteroatoms. The Morgan fingerprint density at radius 3 is 3.00 bits per heavy atom. The van der Waals surface area contributed by atoms with Crippen molar-refractivity contribution in [1.29, 1.82) is 0 Å². The van der Waals surface area contributed by atoms with Gasteiger partial charge in [-0.05, 0) is 31.4 Å². The number of benzene rings is 1. The Labute approximate surface area is 129 Å². The summed E-state index contributed by atoms with van der Waals surface area (Å²) in [7, 11) is 0. The van der Waals surface area contributed by atoms with Gasteiger partial charge in [0.05, 0.1) is 6.10 Å². The molecule has 1 N–H and O–H groups in total. The van der Waals surface area contributed by atoms with E-state index >= 15 is 0 Å². The number of aliphatic hydroxyl groups is 1. The molecule has 2 aromatic rings. The molecule has 0 spiro atoms. The zero-order chi connectivity index (χ0) is 15.4. The third kappa shape index (κ3) is 3.69. The molecule has 1 aliphatic heterocycles. The second-order valence-corrected chi connectivity index (χ2v) is 5.92. The van der Waals surface area contributed by atoms with Crippen LogP contribution in [0.15, 0.2) is 36.9 Å². The van der Waals surface area contributed by atoms with Crippen LogP contribution >= 0.6 is 0 Å². The van der Waals surface area contributed by atoms with Crippen LogP contribution in [0.5, 0.6) is 0 Å². The fourth-order valence-electron chi connectivity index (χ4n) is 3.15. The van der Waals surface area contributed by atoms with Crippen molar-refractivity contribution < 1.29 is 9.50 Å². The van der Waals surface area contributed by atoms with Crippen molar-refractivity contribution in [3.63, 3.8) is 0 Å². The van der Waals surface area contributed by atoms with Crippen LogP contribution in [0.3, 0.4) is 0 Å². The quantitative estimate of drug-likeness (QED) is 0.916. The minimum atomic E-state index is -0.786. The first kappa shape index (κ1) is 15.1. The number of β-amino-alcohol motifs (C(OH)–C–C–N with tert-alkyl or cyclic N) is 1. The van der Waals surface area contributed by atoms with Crippen LogP contribution in [-0.2, 0) is 6.54 Å². The first-order valence-corrected chi connectivity index (χ1v) is 7.69. The average molecular weight is 304 g/mol. The average Bonchev–Trinajstić information content (AvgIpc) is 3.01. The summed E-state index contributed by atoms with van der Waals surface area (Å²) in [5.41, 5.74) is 0.376. The summed E-state index contributed by atoms with van der Waals surface area (Å²) in [6, 6.07) is 6.44. The number of aliphatic hydroxyl groups excluding tert-OH is 1. The highest BCUT2D eigenvalue weighted by atomic mass is 19.1. The van der Waals surface area contributed by atoms with Gasteiger partial charge in [-0.2, -0.15) is 5.10 Å². The smallest absolute Gasteiger partial charge is 0.137 e. The maximum atomic E-state index is 13.7. The van der Waals surface area contributed by atoms with Crippen LogP contribution in [-0.4, -0.2) is 44.4 Å². The monoisotopic (exact) mass is 304 g/mol. The number of hydrogen-bond acceptors (Lipinski definition) is 4. The lowest BCUT2D eigenvalue weighted by Gasteiger charge is -2.33. The van der Waals surface area contributed by atoms with Gasteiger partial charge in [-0.25, -0.2) is 9.37 Å². The van der Waals surface area contributed by atoms with E-state index in [9.17, 15) is 9.50 Å². The van der Waals surface area contributed by atoms with E-state index in [0.29, 0.717) is 18.0 Å². The minimum Gasteiger partial charge on any atom is -0.387 e. The molecule has 22 heavy (non-hydrogen) atoms. The number of likely N-dealkylation sites (tertiary alicyclic amines) is 1. The van der Waals surface area contributed by atoms with Gasteiger partial charge in [0.2, 0.25) is 0 Å². The van der Waals surface area contributed by atoms with Gasteiger partial charge >= 0.3 is 0 Å². The van der Waals surface area contributed by atoms with Gasteiger partial charge < -0.3 is 10.0 Å². The van der Waals surface area contributed by atoms with Gasteiger partial charge in [0.15, 0.2) is 0 Å². The highest BCUT2D eigenvalue weighted by Crippen LogP contribution is 2.22. The van der Waals surface area contributed by atoms with E-state index in [2.05, 4.69) is 15.0 Å². The third-order valence-corrected chi connectivity index (χ3v) is 4.21. The van der Waals surface area contributed by atoms with Gasteiger partial charge in [0.25, 0.3) is 0 Å². The van der Waals surface area contributed by atoms with Crippen LogP contribution in [0.2, 0.25) is 0 Å². The number of hydrogen-bond donors (Lipinski definition) is 1. The SMILES string of the molecule is OC(CN1CCCC(Cn2cncn2)C1)c1ccccc1F. The lowest BCUT2D eigenvalue weighted by atomic mass is 9.97. The first-order valence-electron chi connectivity index (χ1n) is 7.69. The molecule has 2 heterocycles. The Bertz CT molecular complexity index is 590. The highest BCUT2D eigenvalue weighted by molar-refractivity contribution is 5.20. The summed E-state index contributed by atoms with van der Waals surface area (Å²) in [6.07, 6.45) is 4.72. The van der Waals surface area contributed by atoms with Crippen molar-refractivity contribution >= 4 is 0 Å². The highest BCUT2D eigenvalue weighted by Gasteiger charge is 2.23. The van der Waals surface area contributed by atoms with Crippen molar-refractivity contribution in [1.82, 2.24) is 19.7 Å². The molecule has 5 nitrogen and oxygen atoms in total. The molecule has 1 fully saturated rings. The maximum absolute atomic E-state index is 13.7. The molecule has 0 radical (unpaired) electrons. The second kappa shape index (κ2) is 6.98. The zero-order valence-electron chi connectivity index (χ0n) is 12.5. The zero-order valence-corrected chi connectivity index (χ0v) is 12.5. The van der Waals surface area contributed by atoms with Gasteiger partial charge in [-0.1, -0.05) is 18.2 Å². The summed E-state index contributed by atoms with van der Waals surface area (Å²) in [4.78, 5) is 6.17. The van der Waals surface area contributed by atoms with Crippen LogP contribution < -0.4 is 0 Å². The van der Waals surface area contributed by atoms with E-state index in [1.54, 1.807) is 30.9 Å². The first-order chi connectivity index (χ1) is 10.7. The van der Waals surface area contributed by atoms with E-state index in [0.717, 1.165) is 32.5 Å². The normalized spacial score (nSPS) is 20.9. The van der Waals surface area contributed by atoms with Crippen LogP contribution in [0.1, 0.15) is 24.5 Å². The minimum absolute atomic E-state index is 0.342. The van der Waals surface area contributed by atoms with Gasteiger partial charge in [-0.15, -0.1) is 0 Å². The summed E-state index contributed by atoms with van der Waals surface area (Å²) >= 11 is 0. The van der Waals surface area contributed by atoms with Crippen molar-refractivity contribution in [2.24, 2.45) is 5.92 Å². The van der Waals surface area contributed by atoms with Crippen LogP contribution in [0, 0.1) is 11.7 Å². The molecule has 0 bridgehead atoms. The Balaban J connectivity index is 1.57. The summed E-state index contributed by atoms with van der Waals surface area (Å²) in [5, 5.41) is 14.4. The van der Waals surface area contributed by atoms with E-state index in [1.165, 1.54) is 6.07 Å². The van der Waals surface area contributed by atoms with Crippen molar-refractivity contribution in [3.8, 4) is 0 Å². The van der Waals surface area contributed by atoms with Gasteiger partial charge in [-0.3, -0.25) is 4.68 Å². The van der Waals surface area contributed by atoms with Crippen LogP contribution in [0.25, 0.3) is 0 Å². The molecular formula is C16H21FN4O. The standard InChI is InChI=1S/C16H21FN4O/c17-15-6-2-1-5-14(15)16(22)10-20-7-3-4-13(8-20)9-21-12-18-11-19-21/h1-2,5-6,11-13,16,22H,3-4,7-10H2. The van der Waals surface area contributed by atoms with Crippen molar-refractivity contribution in [2.75, 3.05) is 19.6 Å². The van der Waals surface area contributed by atoms with Gasteiger partial charge in [0, 0.05) is 25.2 Å². The predicted molar refractivity (Wildman–Crippen MR) is 80.5 cm³/mol. The lowest BCUT2D eigenvalue weighted by molar-refractivity contribution is 0.0780. The molecule has 2 unspecified atom stereocenters. The van der Waals surface area contributed by atoms with Gasteiger partial charge in [0.1, 0.15) is 18.5 Å². The van der Waals surface area contributed by atoms with Crippen LogP contribution in [0.4, 0.5) is 4.39 Å². The topological polar surface area (TPSA) is 54.2 Å². The summed E-state index contributed by atoms with van der Waals surface area (Å²) in [5.74, 6) is 0.148. The fraction of sp³-hybridized carbons (Fsp3) is 0.500. The molecule has 118 valence electrons. The lowest BCUT2D eigenvalue weighted by Crippen LogP contribution is -2.39. The number of nitrogens with zero attached hydrogens (tertiary/aromatic N) is 4. The Morgan fingerprint density at radius 1 is 1.36 bits per heavy atom. The Hall–Kier alpha value is -1.79. The number of halogens is 1. The number of piperidine rings is 1. The maximum Gasteiger partial charge on any atom is 0.137 e. The molecule has 0 amide bonds. The number of rotatable bonds is 5. The van der Waals surface area contributed by atoms with Crippen molar-refractivity contribution in [3.05, 3.63) is 48.3 Å². The van der Waals surface area contributed by atoms with E-state index < -0.39 is 6.10 Å². The van der Waals surface area contributed by atoms with E-state index in [4.69, 9.17) is 0 Å². The molecule has 1 aromatic heterocycles. The number of aromatic nitrogens is 3. The molecule has 1 saturated heterocycles. The summed E-state index contributed by atoms with van der Waals surface area (Å²) < 4.78 is 15.6. The molecule has 2 atom stereocenters. The fourth-order valence-corrected chi connectivity index (χ4v) is 3.15. The molecule has 3 rings (SSSR count). The second-order valence-electron chi connectivity index (χ2n) is 5.92.